The number of carboxylic acids is 1. The van der Waals surface area contributed by atoms with E-state index >= 15 is 0 Å². The Morgan fingerprint density at radius 2 is 2.23 bits per heavy atom. The number of carboxylic acid groups (broad SMARTS) is 1. The second kappa shape index (κ2) is 3.57. The first-order chi connectivity index (χ1) is 6.09. The van der Waals surface area contributed by atoms with E-state index in [1.807, 2.05) is 0 Å². The van der Waals surface area contributed by atoms with Gasteiger partial charge in [0, 0.05) is 12.3 Å². The first-order valence-corrected chi connectivity index (χ1v) is 3.49. The van der Waals surface area contributed by atoms with Crippen LogP contribution in [0.4, 0.5) is 0 Å². The van der Waals surface area contributed by atoms with Crippen molar-refractivity contribution in [3.8, 4) is 0 Å². The fourth-order valence-electron chi connectivity index (χ4n) is 0.809. The number of H-pyrrole nitrogens is 1. The molecule has 0 atom stereocenters. The average Bonchev–Trinajstić information content (AvgIpc) is 2.48. The highest BCUT2D eigenvalue weighted by Crippen LogP contribution is 2.04. The van der Waals surface area contributed by atoms with Crippen LogP contribution in [0.1, 0.15) is 16.1 Å². The van der Waals surface area contributed by atoms with E-state index in [-0.39, 0.29) is 5.69 Å². The highest BCUT2D eigenvalue weighted by Gasteiger charge is 2.03. The molecule has 4 N–H and O–H groups in total. The Kier molecular flexibility index (Phi) is 2.49. The minimum absolute atomic E-state index is 0.0733. The molecule has 0 saturated heterocycles. The van der Waals surface area contributed by atoms with Crippen LogP contribution in [0.25, 0.3) is 6.08 Å². The Balaban J connectivity index is 2.80. The highest BCUT2D eigenvalue weighted by atomic mass is 16.4. The van der Waals surface area contributed by atoms with Crippen molar-refractivity contribution in [3.63, 3.8) is 0 Å². The van der Waals surface area contributed by atoms with Crippen molar-refractivity contribution < 1.29 is 14.7 Å². The number of hydrogen-bond acceptors (Lipinski definition) is 2. The van der Waals surface area contributed by atoms with Gasteiger partial charge in [-0.25, -0.2) is 4.79 Å². The van der Waals surface area contributed by atoms with Gasteiger partial charge in [0.25, 0.3) is 0 Å². The number of hydrogen-bond donors (Lipinski definition) is 3. The van der Waals surface area contributed by atoms with Crippen molar-refractivity contribution in [2.24, 2.45) is 5.73 Å². The summed E-state index contributed by atoms with van der Waals surface area (Å²) in [4.78, 5) is 23.3. The molecule has 1 amide bonds. The van der Waals surface area contributed by atoms with Gasteiger partial charge in [0.2, 0.25) is 5.91 Å². The van der Waals surface area contributed by atoms with E-state index in [0.717, 1.165) is 6.08 Å². The third kappa shape index (κ3) is 2.48. The lowest BCUT2D eigenvalue weighted by atomic mass is 10.3. The van der Waals surface area contributed by atoms with Gasteiger partial charge in [0.1, 0.15) is 5.69 Å². The number of primary amides is 1. The van der Waals surface area contributed by atoms with Crippen LogP contribution >= 0.6 is 0 Å². The van der Waals surface area contributed by atoms with Crippen LogP contribution < -0.4 is 5.73 Å². The number of carbonyl (C=O) groups is 2. The van der Waals surface area contributed by atoms with E-state index in [9.17, 15) is 9.59 Å². The van der Waals surface area contributed by atoms with E-state index in [4.69, 9.17) is 10.8 Å². The molecular weight excluding hydrogens is 172 g/mol. The van der Waals surface area contributed by atoms with Crippen molar-refractivity contribution in [1.82, 2.24) is 4.98 Å². The molecule has 0 aliphatic carbocycles. The number of aromatic nitrogens is 1. The molecule has 0 aliphatic heterocycles. The van der Waals surface area contributed by atoms with Gasteiger partial charge in [-0.15, -0.1) is 0 Å². The van der Waals surface area contributed by atoms with E-state index in [0.29, 0.717) is 5.56 Å². The summed E-state index contributed by atoms with van der Waals surface area (Å²) in [6.07, 6.45) is 4.07. The van der Waals surface area contributed by atoms with E-state index in [2.05, 4.69) is 4.98 Å². The van der Waals surface area contributed by atoms with Gasteiger partial charge >= 0.3 is 5.97 Å². The smallest absolute Gasteiger partial charge is 0.352 e. The molecule has 0 bridgehead atoms. The van der Waals surface area contributed by atoms with Crippen molar-refractivity contribution in [1.29, 1.82) is 0 Å². The molecule has 0 fully saturated rings. The molecule has 5 heteroatoms. The van der Waals surface area contributed by atoms with Gasteiger partial charge in [0.15, 0.2) is 0 Å². The summed E-state index contributed by atoms with van der Waals surface area (Å²) in [5, 5.41) is 8.53. The molecule has 0 spiro atoms. The topological polar surface area (TPSA) is 96.2 Å². The lowest BCUT2D eigenvalue weighted by Gasteiger charge is -1.82. The van der Waals surface area contributed by atoms with Crippen molar-refractivity contribution >= 4 is 18.0 Å². The number of rotatable bonds is 3. The van der Waals surface area contributed by atoms with Gasteiger partial charge in [-0.3, -0.25) is 4.79 Å². The molecule has 13 heavy (non-hydrogen) atoms. The Labute approximate surface area is 73.9 Å². The summed E-state index contributed by atoms with van der Waals surface area (Å²) in [7, 11) is 0. The number of amides is 1. The van der Waals surface area contributed by atoms with Crippen molar-refractivity contribution in [2.75, 3.05) is 0 Å². The van der Waals surface area contributed by atoms with Crippen molar-refractivity contribution in [2.45, 2.75) is 0 Å². The zero-order chi connectivity index (χ0) is 9.84. The summed E-state index contributed by atoms with van der Waals surface area (Å²) in [6, 6.07) is 1.40. The number of aromatic amines is 1. The fourth-order valence-corrected chi connectivity index (χ4v) is 0.809. The molecule has 0 radical (unpaired) electrons. The zero-order valence-corrected chi connectivity index (χ0v) is 6.65. The Bertz CT molecular complexity index is 365. The number of aromatic carboxylic acids is 1. The van der Waals surface area contributed by atoms with Crippen LogP contribution in [0.15, 0.2) is 18.3 Å². The van der Waals surface area contributed by atoms with Gasteiger partial charge < -0.3 is 15.8 Å². The van der Waals surface area contributed by atoms with Crippen LogP contribution in [0.5, 0.6) is 0 Å². The lowest BCUT2D eigenvalue weighted by molar-refractivity contribution is -0.113. The normalized spacial score (nSPS) is 10.5. The molecule has 0 saturated carbocycles. The lowest BCUT2D eigenvalue weighted by Crippen LogP contribution is -2.04. The monoisotopic (exact) mass is 180 g/mol. The van der Waals surface area contributed by atoms with Crippen LogP contribution in [-0.2, 0) is 4.79 Å². The number of nitrogens with one attached hydrogen (secondary N) is 1. The fraction of sp³-hybridized carbons (Fsp3) is 0. The molecule has 1 aromatic rings. The van der Waals surface area contributed by atoms with E-state index in [1.54, 1.807) is 0 Å². The average molecular weight is 180 g/mol. The Morgan fingerprint density at radius 1 is 1.54 bits per heavy atom. The maximum atomic E-state index is 10.4. The summed E-state index contributed by atoms with van der Waals surface area (Å²) in [6.45, 7) is 0. The quantitative estimate of drug-likeness (QED) is 0.580. The summed E-state index contributed by atoms with van der Waals surface area (Å²) >= 11 is 0. The zero-order valence-electron chi connectivity index (χ0n) is 6.65. The maximum Gasteiger partial charge on any atom is 0.352 e. The van der Waals surface area contributed by atoms with E-state index in [1.165, 1.54) is 18.3 Å². The molecule has 1 aromatic heterocycles. The van der Waals surface area contributed by atoms with Gasteiger partial charge in [-0.2, -0.15) is 0 Å². The van der Waals surface area contributed by atoms with Crippen LogP contribution in [0, 0.1) is 0 Å². The SMILES string of the molecule is NC(=O)C=Cc1c[nH]c(C(=O)O)c1. The molecule has 0 unspecified atom stereocenters. The standard InChI is InChI=1S/C8H8N2O3/c9-7(11)2-1-5-3-6(8(12)13)10-4-5/h1-4,10H,(H2,9,11)(H,12,13). The first kappa shape index (κ1) is 9.05. The number of carbonyl (C=O) groups excluding carboxylic acids is 1. The number of nitrogens with two attached hydrogens (primary N) is 1. The molecule has 1 heterocycles. The van der Waals surface area contributed by atoms with Gasteiger partial charge in [-0.1, -0.05) is 0 Å². The summed E-state index contributed by atoms with van der Waals surface area (Å²) in [5.74, 6) is -1.61. The second-order valence-corrected chi connectivity index (χ2v) is 2.39. The Morgan fingerprint density at radius 3 is 2.69 bits per heavy atom. The summed E-state index contributed by atoms with van der Waals surface area (Å²) < 4.78 is 0. The predicted molar refractivity (Wildman–Crippen MR) is 46.0 cm³/mol. The third-order valence-electron chi connectivity index (χ3n) is 1.38. The van der Waals surface area contributed by atoms with E-state index < -0.39 is 11.9 Å². The van der Waals surface area contributed by atoms with Crippen LogP contribution in [0.2, 0.25) is 0 Å². The third-order valence-corrected chi connectivity index (χ3v) is 1.38. The molecule has 1 rings (SSSR count). The molecule has 0 aliphatic rings. The maximum absolute atomic E-state index is 10.4. The first-order valence-electron chi connectivity index (χ1n) is 3.49. The van der Waals surface area contributed by atoms with Crippen LogP contribution in [0.3, 0.4) is 0 Å². The van der Waals surface area contributed by atoms with Gasteiger partial charge in [0.05, 0.1) is 0 Å². The largest absolute Gasteiger partial charge is 0.477 e. The molecular formula is C8H8N2O3. The molecule has 0 aromatic carbocycles. The highest BCUT2D eigenvalue weighted by molar-refractivity contribution is 5.91. The minimum Gasteiger partial charge on any atom is -0.477 e. The van der Waals surface area contributed by atoms with Crippen LogP contribution in [-0.4, -0.2) is 22.0 Å². The summed E-state index contributed by atoms with van der Waals surface area (Å²) in [5.41, 5.74) is 5.52. The molecule has 68 valence electrons. The Hall–Kier alpha value is -2.04. The molecule has 5 nitrogen and oxygen atoms in total. The predicted octanol–water partition coefficient (Wildman–Crippen LogP) is 0.211. The van der Waals surface area contributed by atoms with Crippen molar-refractivity contribution in [3.05, 3.63) is 29.6 Å². The second-order valence-electron chi connectivity index (χ2n) is 2.39. The minimum atomic E-state index is -1.04. The van der Waals surface area contributed by atoms with Gasteiger partial charge in [-0.05, 0) is 17.7 Å².